The number of benzene rings is 1. The second-order valence-corrected chi connectivity index (χ2v) is 6.97. The molecule has 0 bridgehead atoms. The van der Waals surface area contributed by atoms with E-state index in [1.807, 2.05) is 4.90 Å². The molecule has 0 unspecified atom stereocenters. The van der Waals surface area contributed by atoms with Crippen molar-refractivity contribution < 1.29 is 23.1 Å². The van der Waals surface area contributed by atoms with Gasteiger partial charge >= 0.3 is 0 Å². The lowest BCUT2D eigenvalue weighted by atomic mass is 10.1. The maximum atomic E-state index is 14.2. The van der Waals surface area contributed by atoms with Gasteiger partial charge in [0.1, 0.15) is 5.75 Å². The van der Waals surface area contributed by atoms with Crippen molar-refractivity contribution >= 4 is 11.8 Å². The number of likely N-dealkylation sites (tertiary alicyclic amines) is 1. The van der Waals surface area contributed by atoms with Crippen LogP contribution in [0.25, 0.3) is 0 Å². The maximum Gasteiger partial charge on any atom is 0.242 e. The fourth-order valence-corrected chi connectivity index (χ4v) is 3.65. The van der Waals surface area contributed by atoms with E-state index in [1.54, 1.807) is 9.80 Å². The van der Waals surface area contributed by atoms with Crippen LogP contribution in [0.3, 0.4) is 0 Å². The van der Waals surface area contributed by atoms with Crippen LogP contribution in [0.1, 0.15) is 24.8 Å². The highest BCUT2D eigenvalue weighted by atomic mass is 19.2. The molecule has 3 rings (SSSR count). The second kappa shape index (κ2) is 8.65. The van der Waals surface area contributed by atoms with Crippen LogP contribution in [-0.2, 0) is 16.1 Å². The Morgan fingerprint density at radius 2 is 1.93 bits per heavy atom. The van der Waals surface area contributed by atoms with Gasteiger partial charge in [-0.1, -0.05) is 0 Å². The van der Waals surface area contributed by atoms with Crippen molar-refractivity contribution in [2.24, 2.45) is 0 Å². The number of carbonyl (C=O) groups is 2. The average molecular weight is 381 g/mol. The number of nitrogens with zero attached hydrogens (tertiary/aromatic N) is 3. The lowest BCUT2D eigenvalue weighted by Crippen LogP contribution is -2.42. The van der Waals surface area contributed by atoms with E-state index >= 15 is 0 Å². The molecular weight excluding hydrogens is 356 g/mol. The fraction of sp³-hybridized carbons (Fsp3) is 0.579. The Kier molecular flexibility index (Phi) is 6.26. The molecule has 0 radical (unpaired) electrons. The first kappa shape index (κ1) is 19.5. The minimum Gasteiger partial charge on any atom is -0.496 e. The molecule has 148 valence electrons. The number of carbonyl (C=O) groups excluding carboxylic acids is 2. The number of rotatable bonds is 5. The maximum absolute atomic E-state index is 14.2. The summed E-state index contributed by atoms with van der Waals surface area (Å²) in [6.07, 6.45) is 2.06. The summed E-state index contributed by atoms with van der Waals surface area (Å²) < 4.78 is 32.9. The molecule has 0 saturated carbocycles. The van der Waals surface area contributed by atoms with Crippen molar-refractivity contribution in [1.82, 2.24) is 14.7 Å². The van der Waals surface area contributed by atoms with Gasteiger partial charge < -0.3 is 14.5 Å². The molecule has 1 aromatic rings. The Hall–Kier alpha value is -2.22. The van der Waals surface area contributed by atoms with E-state index in [9.17, 15) is 18.4 Å². The van der Waals surface area contributed by atoms with E-state index in [1.165, 1.54) is 13.2 Å². The summed E-state index contributed by atoms with van der Waals surface area (Å²) in [6.45, 7) is 3.32. The zero-order valence-corrected chi connectivity index (χ0v) is 15.5. The van der Waals surface area contributed by atoms with Gasteiger partial charge in [0.25, 0.3) is 0 Å². The Morgan fingerprint density at radius 1 is 1.11 bits per heavy atom. The fourth-order valence-electron chi connectivity index (χ4n) is 3.65. The molecule has 2 heterocycles. The van der Waals surface area contributed by atoms with Crippen molar-refractivity contribution in [3.8, 4) is 5.75 Å². The molecular formula is C19H25F2N3O3. The van der Waals surface area contributed by atoms with Crippen molar-refractivity contribution in [2.75, 3.05) is 46.4 Å². The average Bonchev–Trinajstić information content (AvgIpc) is 2.92. The third-order valence-electron chi connectivity index (χ3n) is 5.19. The first-order valence-corrected chi connectivity index (χ1v) is 9.28. The largest absolute Gasteiger partial charge is 0.496 e. The van der Waals surface area contributed by atoms with Crippen LogP contribution in [0, 0.1) is 11.6 Å². The van der Waals surface area contributed by atoms with Crippen molar-refractivity contribution in [3.05, 3.63) is 29.3 Å². The van der Waals surface area contributed by atoms with Crippen LogP contribution >= 0.6 is 0 Å². The lowest BCUT2D eigenvalue weighted by Gasteiger charge is -2.24. The van der Waals surface area contributed by atoms with E-state index in [-0.39, 0.29) is 30.5 Å². The highest BCUT2D eigenvalue weighted by Crippen LogP contribution is 2.25. The number of ether oxygens (including phenoxy) is 1. The van der Waals surface area contributed by atoms with E-state index < -0.39 is 11.6 Å². The first-order chi connectivity index (χ1) is 13.0. The van der Waals surface area contributed by atoms with Gasteiger partial charge in [-0.2, -0.15) is 0 Å². The summed E-state index contributed by atoms with van der Waals surface area (Å²) in [5.74, 6) is -1.49. The summed E-state index contributed by atoms with van der Waals surface area (Å²) in [5.41, 5.74) is 0.194. The smallest absolute Gasteiger partial charge is 0.242 e. The Balaban J connectivity index is 1.59. The molecule has 0 aromatic heterocycles. The number of methoxy groups -OCH3 is 1. The molecule has 0 spiro atoms. The second-order valence-electron chi connectivity index (χ2n) is 6.97. The number of amides is 2. The quantitative estimate of drug-likeness (QED) is 0.778. The van der Waals surface area contributed by atoms with Crippen LogP contribution in [-0.4, -0.2) is 72.9 Å². The van der Waals surface area contributed by atoms with Gasteiger partial charge in [0.05, 0.1) is 13.7 Å². The van der Waals surface area contributed by atoms with Crippen molar-refractivity contribution in [1.29, 1.82) is 0 Å². The molecule has 1 aromatic carbocycles. The zero-order chi connectivity index (χ0) is 19.4. The molecule has 6 nitrogen and oxygen atoms in total. The molecule has 27 heavy (non-hydrogen) atoms. The van der Waals surface area contributed by atoms with Gasteiger partial charge in [-0.15, -0.1) is 0 Å². The minimum atomic E-state index is -0.896. The molecule has 0 N–H and O–H groups in total. The van der Waals surface area contributed by atoms with Gasteiger partial charge in [-0.3, -0.25) is 14.5 Å². The minimum absolute atomic E-state index is 0.0356. The predicted molar refractivity (Wildman–Crippen MR) is 95.2 cm³/mol. The van der Waals surface area contributed by atoms with Gasteiger partial charge in [0, 0.05) is 51.3 Å². The molecule has 2 saturated heterocycles. The van der Waals surface area contributed by atoms with Gasteiger partial charge in [0.2, 0.25) is 11.8 Å². The summed E-state index contributed by atoms with van der Waals surface area (Å²) in [7, 11) is 1.43. The standard InChI is InChI=1S/C19H25F2N3O3/c1-27-16-6-5-15(20)19(21)14(16)12-22-7-3-9-23(11-10-22)18(26)13-24-8-2-4-17(24)25/h5-6H,2-4,7-13H2,1H3. The van der Waals surface area contributed by atoms with Crippen LogP contribution in [0.4, 0.5) is 8.78 Å². The summed E-state index contributed by atoms with van der Waals surface area (Å²) in [6, 6.07) is 2.48. The zero-order valence-electron chi connectivity index (χ0n) is 15.5. The molecule has 0 atom stereocenters. The summed E-state index contributed by atoms with van der Waals surface area (Å²) in [5, 5.41) is 0. The van der Waals surface area contributed by atoms with E-state index in [4.69, 9.17) is 4.74 Å². The van der Waals surface area contributed by atoms with E-state index in [2.05, 4.69) is 0 Å². The third kappa shape index (κ3) is 4.55. The van der Waals surface area contributed by atoms with E-state index in [0.717, 1.165) is 18.9 Å². The Morgan fingerprint density at radius 3 is 2.63 bits per heavy atom. The van der Waals surface area contributed by atoms with Crippen LogP contribution < -0.4 is 4.74 Å². The van der Waals surface area contributed by atoms with Crippen LogP contribution in [0.15, 0.2) is 12.1 Å². The predicted octanol–water partition coefficient (Wildman–Crippen LogP) is 1.63. The molecule has 2 aliphatic rings. The van der Waals surface area contributed by atoms with Gasteiger partial charge in [-0.05, 0) is 25.0 Å². The summed E-state index contributed by atoms with van der Waals surface area (Å²) >= 11 is 0. The van der Waals surface area contributed by atoms with Crippen LogP contribution in [0.2, 0.25) is 0 Å². The van der Waals surface area contributed by atoms with Crippen LogP contribution in [0.5, 0.6) is 5.75 Å². The van der Waals surface area contributed by atoms with Gasteiger partial charge in [0.15, 0.2) is 11.6 Å². The van der Waals surface area contributed by atoms with Crippen molar-refractivity contribution in [3.63, 3.8) is 0 Å². The monoisotopic (exact) mass is 381 g/mol. The topological polar surface area (TPSA) is 53.1 Å². The molecule has 8 heteroatoms. The summed E-state index contributed by atoms with van der Waals surface area (Å²) in [4.78, 5) is 29.6. The molecule has 2 aliphatic heterocycles. The Bertz CT molecular complexity index is 714. The molecule has 2 amide bonds. The lowest BCUT2D eigenvalue weighted by molar-refractivity contribution is -0.138. The first-order valence-electron chi connectivity index (χ1n) is 9.28. The highest BCUT2D eigenvalue weighted by molar-refractivity contribution is 5.85. The number of hydrogen-bond donors (Lipinski definition) is 0. The van der Waals surface area contributed by atoms with Crippen molar-refractivity contribution in [2.45, 2.75) is 25.8 Å². The third-order valence-corrected chi connectivity index (χ3v) is 5.19. The SMILES string of the molecule is COc1ccc(F)c(F)c1CN1CCCN(C(=O)CN2CCCC2=O)CC1. The van der Waals surface area contributed by atoms with E-state index in [0.29, 0.717) is 44.9 Å². The molecule has 2 fully saturated rings. The molecule has 0 aliphatic carbocycles. The van der Waals surface area contributed by atoms with Gasteiger partial charge in [-0.25, -0.2) is 8.78 Å². The number of hydrogen-bond acceptors (Lipinski definition) is 4. The Labute approximate surface area is 157 Å². The number of halogens is 2. The normalized spacial score (nSPS) is 18.7. The highest BCUT2D eigenvalue weighted by Gasteiger charge is 2.26.